The van der Waals surface area contributed by atoms with E-state index in [4.69, 9.17) is 0 Å². The van der Waals surface area contributed by atoms with Gasteiger partial charge in [-0.3, -0.25) is 0 Å². The molecule has 104 valence electrons. The zero-order chi connectivity index (χ0) is 14.7. The van der Waals surface area contributed by atoms with Gasteiger partial charge in [-0.1, -0.05) is 52.3 Å². The molecule has 0 saturated carbocycles. The fourth-order valence-electron chi connectivity index (χ4n) is 2.12. The minimum Gasteiger partial charge on any atom is -0.366 e. The molecule has 0 radical (unpaired) electrons. The largest absolute Gasteiger partial charge is 0.366 e. The molecule has 0 amide bonds. The second kappa shape index (κ2) is 6.06. The highest BCUT2D eigenvalue weighted by molar-refractivity contribution is 9.10. The number of fused-ring (bicyclic) bond motifs is 1. The van der Waals surface area contributed by atoms with Gasteiger partial charge in [-0.15, -0.1) is 6.58 Å². The molecule has 0 atom stereocenters. The van der Waals surface area contributed by atoms with Crippen LogP contribution in [0.1, 0.15) is 0 Å². The van der Waals surface area contributed by atoms with Crippen LogP contribution in [0.15, 0.2) is 65.7 Å². The van der Waals surface area contributed by atoms with Gasteiger partial charge in [-0.05, 0) is 18.2 Å². The summed E-state index contributed by atoms with van der Waals surface area (Å²) in [5.41, 5.74) is 1.92. The Morgan fingerprint density at radius 3 is 2.67 bits per heavy atom. The van der Waals surface area contributed by atoms with Crippen molar-refractivity contribution in [3.05, 3.63) is 65.7 Å². The number of nitrogens with zero attached hydrogens (tertiary/aromatic N) is 2. The van der Waals surface area contributed by atoms with Gasteiger partial charge >= 0.3 is 0 Å². The minimum absolute atomic E-state index is 0.660. The van der Waals surface area contributed by atoms with Crippen LogP contribution < -0.4 is 5.32 Å². The van der Waals surface area contributed by atoms with Gasteiger partial charge in [-0.2, -0.15) is 0 Å². The molecule has 3 aromatic rings. The Bertz CT molecular complexity index is 785. The molecule has 4 heteroatoms. The van der Waals surface area contributed by atoms with Crippen LogP contribution in [0, 0.1) is 0 Å². The molecule has 3 rings (SSSR count). The van der Waals surface area contributed by atoms with Crippen LogP contribution in [0.4, 0.5) is 5.82 Å². The summed E-state index contributed by atoms with van der Waals surface area (Å²) in [5.74, 6) is 1.54. The minimum atomic E-state index is 0.660. The first-order valence-corrected chi connectivity index (χ1v) is 7.45. The first-order chi connectivity index (χ1) is 10.3. The maximum absolute atomic E-state index is 4.66. The molecule has 0 fully saturated rings. The number of aromatic nitrogens is 2. The SMILES string of the molecule is C=CCNc1nc(-c2ccccc2)nc2ccc(Br)cc12. The van der Waals surface area contributed by atoms with E-state index in [0.717, 1.165) is 32.6 Å². The predicted octanol–water partition coefficient (Wildman–Crippen LogP) is 4.66. The lowest BCUT2D eigenvalue weighted by atomic mass is 10.2. The van der Waals surface area contributed by atoms with Crippen LogP contribution >= 0.6 is 15.9 Å². The second-order valence-electron chi connectivity index (χ2n) is 4.59. The number of nitrogens with one attached hydrogen (secondary N) is 1. The van der Waals surface area contributed by atoms with Crippen LogP contribution in [0.2, 0.25) is 0 Å². The molecular formula is C17H14BrN3. The smallest absolute Gasteiger partial charge is 0.162 e. The monoisotopic (exact) mass is 339 g/mol. The number of hydrogen-bond acceptors (Lipinski definition) is 3. The lowest BCUT2D eigenvalue weighted by Crippen LogP contribution is -2.03. The predicted molar refractivity (Wildman–Crippen MR) is 91.4 cm³/mol. The maximum atomic E-state index is 4.66. The van der Waals surface area contributed by atoms with Crippen molar-refractivity contribution in [1.29, 1.82) is 0 Å². The van der Waals surface area contributed by atoms with Gasteiger partial charge in [0.15, 0.2) is 5.82 Å². The van der Waals surface area contributed by atoms with E-state index in [2.05, 4.69) is 37.8 Å². The van der Waals surface area contributed by atoms with Crippen molar-refractivity contribution in [3.8, 4) is 11.4 Å². The summed E-state index contributed by atoms with van der Waals surface area (Å²) in [6.45, 7) is 4.40. The van der Waals surface area contributed by atoms with E-state index in [1.54, 1.807) is 0 Å². The highest BCUT2D eigenvalue weighted by Gasteiger charge is 2.09. The van der Waals surface area contributed by atoms with E-state index in [-0.39, 0.29) is 0 Å². The molecule has 0 spiro atoms. The van der Waals surface area contributed by atoms with Crippen molar-refractivity contribution in [3.63, 3.8) is 0 Å². The lowest BCUT2D eigenvalue weighted by molar-refractivity contribution is 1.19. The summed E-state index contributed by atoms with van der Waals surface area (Å²) in [4.78, 5) is 9.32. The Hall–Kier alpha value is -2.20. The van der Waals surface area contributed by atoms with E-state index in [1.807, 2.05) is 54.6 Å². The molecule has 0 unspecified atom stereocenters. The lowest BCUT2D eigenvalue weighted by Gasteiger charge is -2.10. The topological polar surface area (TPSA) is 37.8 Å². The quantitative estimate of drug-likeness (QED) is 0.702. The van der Waals surface area contributed by atoms with E-state index >= 15 is 0 Å². The van der Waals surface area contributed by atoms with Crippen molar-refractivity contribution in [2.45, 2.75) is 0 Å². The third-order valence-electron chi connectivity index (χ3n) is 3.10. The first-order valence-electron chi connectivity index (χ1n) is 6.65. The molecule has 0 saturated heterocycles. The van der Waals surface area contributed by atoms with Crippen LogP contribution in [-0.4, -0.2) is 16.5 Å². The number of anilines is 1. The molecule has 0 aliphatic rings. The van der Waals surface area contributed by atoms with Gasteiger partial charge < -0.3 is 5.32 Å². The van der Waals surface area contributed by atoms with Crippen molar-refractivity contribution in [2.75, 3.05) is 11.9 Å². The normalized spacial score (nSPS) is 10.5. The summed E-state index contributed by atoms with van der Waals surface area (Å²) in [7, 11) is 0. The maximum Gasteiger partial charge on any atom is 0.162 e. The van der Waals surface area contributed by atoms with Gasteiger partial charge in [0.2, 0.25) is 0 Å². The third kappa shape index (κ3) is 2.95. The zero-order valence-corrected chi connectivity index (χ0v) is 13.0. The van der Waals surface area contributed by atoms with Crippen LogP contribution in [-0.2, 0) is 0 Å². The van der Waals surface area contributed by atoms with Crippen molar-refractivity contribution >= 4 is 32.7 Å². The fraction of sp³-hybridized carbons (Fsp3) is 0.0588. The fourth-order valence-corrected chi connectivity index (χ4v) is 2.48. The van der Waals surface area contributed by atoms with Crippen LogP contribution in [0.3, 0.4) is 0 Å². The van der Waals surface area contributed by atoms with Crippen molar-refractivity contribution < 1.29 is 0 Å². The summed E-state index contributed by atoms with van der Waals surface area (Å²) in [6, 6.07) is 16.0. The van der Waals surface area contributed by atoms with E-state index in [9.17, 15) is 0 Å². The number of rotatable bonds is 4. The van der Waals surface area contributed by atoms with Gasteiger partial charge in [0.25, 0.3) is 0 Å². The Kier molecular flexibility index (Phi) is 3.97. The van der Waals surface area contributed by atoms with E-state index in [1.165, 1.54) is 0 Å². The van der Waals surface area contributed by atoms with Gasteiger partial charge in [0, 0.05) is 22.0 Å². The molecule has 0 aliphatic heterocycles. The van der Waals surface area contributed by atoms with Crippen LogP contribution in [0.25, 0.3) is 22.3 Å². The average Bonchev–Trinajstić information content (AvgIpc) is 2.53. The summed E-state index contributed by atoms with van der Waals surface area (Å²) < 4.78 is 1.01. The van der Waals surface area contributed by atoms with Gasteiger partial charge in [0.05, 0.1) is 5.52 Å². The molecule has 1 N–H and O–H groups in total. The first kappa shape index (κ1) is 13.8. The van der Waals surface area contributed by atoms with Crippen LogP contribution in [0.5, 0.6) is 0 Å². The molecular weight excluding hydrogens is 326 g/mol. The number of hydrogen-bond donors (Lipinski definition) is 1. The molecule has 3 nitrogen and oxygen atoms in total. The highest BCUT2D eigenvalue weighted by atomic mass is 79.9. The average molecular weight is 340 g/mol. The number of benzene rings is 2. The molecule has 21 heavy (non-hydrogen) atoms. The Labute approximate surface area is 131 Å². The van der Waals surface area contributed by atoms with Gasteiger partial charge in [-0.25, -0.2) is 9.97 Å². The van der Waals surface area contributed by atoms with Crippen molar-refractivity contribution in [2.24, 2.45) is 0 Å². The molecule has 1 heterocycles. The summed E-state index contributed by atoms with van der Waals surface area (Å²) in [6.07, 6.45) is 1.81. The van der Waals surface area contributed by atoms with E-state index in [0.29, 0.717) is 6.54 Å². The molecule has 1 aromatic heterocycles. The van der Waals surface area contributed by atoms with E-state index < -0.39 is 0 Å². The Morgan fingerprint density at radius 1 is 1.10 bits per heavy atom. The highest BCUT2D eigenvalue weighted by Crippen LogP contribution is 2.27. The number of halogens is 1. The summed E-state index contributed by atoms with van der Waals surface area (Å²) in [5, 5.41) is 4.28. The third-order valence-corrected chi connectivity index (χ3v) is 3.60. The molecule has 0 aliphatic carbocycles. The molecule has 0 bridgehead atoms. The zero-order valence-electron chi connectivity index (χ0n) is 11.4. The summed E-state index contributed by atoms with van der Waals surface area (Å²) >= 11 is 3.49. The molecule has 2 aromatic carbocycles. The second-order valence-corrected chi connectivity index (χ2v) is 5.51. The standard InChI is InChI=1S/C17H14BrN3/c1-2-10-19-17-14-11-13(18)8-9-15(14)20-16(21-17)12-6-4-3-5-7-12/h2-9,11H,1,10H2,(H,19,20,21). The Balaban J connectivity index is 2.19. The Morgan fingerprint density at radius 2 is 1.90 bits per heavy atom. The van der Waals surface area contributed by atoms with Gasteiger partial charge in [0.1, 0.15) is 5.82 Å². The van der Waals surface area contributed by atoms with Crippen molar-refractivity contribution in [1.82, 2.24) is 9.97 Å².